The Morgan fingerprint density at radius 2 is 1.91 bits per heavy atom. The monoisotopic (exact) mass is 405 g/mol. The fraction of sp³-hybridized carbons (Fsp3) is 0.0556. The maximum atomic E-state index is 12.3. The van der Waals surface area contributed by atoms with Crippen LogP contribution in [-0.2, 0) is 0 Å². The van der Waals surface area contributed by atoms with Crippen LogP contribution in [0.25, 0.3) is 11.1 Å². The molecule has 2 aromatic carbocycles. The zero-order valence-corrected chi connectivity index (χ0v) is 15.4. The number of amides is 1. The number of hydrogen-bond donors (Lipinski definition) is 1. The van der Waals surface area contributed by atoms with E-state index in [1.54, 1.807) is 0 Å². The molecule has 23 heavy (non-hydrogen) atoms. The Morgan fingerprint density at radius 1 is 1.13 bits per heavy atom. The van der Waals surface area contributed by atoms with Crippen LogP contribution in [-0.4, -0.2) is 5.91 Å². The van der Waals surface area contributed by atoms with E-state index in [0.717, 1.165) is 26.9 Å². The van der Waals surface area contributed by atoms with Crippen molar-refractivity contribution in [3.05, 3.63) is 73.8 Å². The number of rotatable bonds is 3. The van der Waals surface area contributed by atoms with E-state index in [4.69, 9.17) is 11.6 Å². The van der Waals surface area contributed by atoms with Crippen LogP contribution in [0.3, 0.4) is 0 Å². The van der Waals surface area contributed by atoms with Crippen molar-refractivity contribution in [2.75, 3.05) is 5.32 Å². The number of thiophene rings is 1. The Morgan fingerprint density at radius 3 is 2.57 bits per heavy atom. The maximum absolute atomic E-state index is 12.3. The molecule has 0 aliphatic heterocycles. The third-order valence-corrected chi connectivity index (χ3v) is 5.53. The van der Waals surface area contributed by atoms with E-state index in [9.17, 15) is 4.79 Å². The summed E-state index contributed by atoms with van der Waals surface area (Å²) in [7, 11) is 0. The third kappa shape index (κ3) is 3.66. The van der Waals surface area contributed by atoms with Crippen molar-refractivity contribution < 1.29 is 4.79 Å². The molecule has 3 aromatic rings. The van der Waals surface area contributed by atoms with Crippen LogP contribution in [0.1, 0.15) is 15.2 Å². The van der Waals surface area contributed by atoms with Crippen molar-refractivity contribution in [2.24, 2.45) is 0 Å². The van der Waals surface area contributed by atoms with Gasteiger partial charge in [0.05, 0.1) is 0 Å². The minimum Gasteiger partial charge on any atom is -0.321 e. The topological polar surface area (TPSA) is 29.1 Å². The molecule has 1 aromatic heterocycles. The molecule has 0 aliphatic rings. The largest absolute Gasteiger partial charge is 0.321 e. The molecule has 0 atom stereocenters. The second-order valence-electron chi connectivity index (χ2n) is 5.09. The number of hydrogen-bond acceptors (Lipinski definition) is 2. The minimum atomic E-state index is -0.106. The lowest BCUT2D eigenvalue weighted by molar-refractivity contribution is 0.103. The molecule has 0 saturated heterocycles. The lowest BCUT2D eigenvalue weighted by atomic mass is 10.0. The summed E-state index contributed by atoms with van der Waals surface area (Å²) in [6.45, 7) is 1.98. The van der Waals surface area contributed by atoms with Crippen LogP contribution in [0.5, 0.6) is 0 Å². The average molecular weight is 407 g/mol. The predicted molar refractivity (Wildman–Crippen MR) is 102 cm³/mol. The number of aryl methyl sites for hydroxylation is 1. The molecule has 1 amide bonds. The molecule has 0 bridgehead atoms. The Labute approximate surface area is 152 Å². The van der Waals surface area contributed by atoms with Gasteiger partial charge in [-0.1, -0.05) is 29.8 Å². The lowest BCUT2D eigenvalue weighted by Gasteiger charge is -2.10. The molecule has 0 radical (unpaired) electrons. The summed E-state index contributed by atoms with van der Waals surface area (Å²) in [5.41, 5.74) is 3.93. The van der Waals surface area contributed by atoms with E-state index in [1.807, 2.05) is 60.8 Å². The van der Waals surface area contributed by atoms with E-state index in [0.29, 0.717) is 9.90 Å². The summed E-state index contributed by atoms with van der Waals surface area (Å²) in [4.78, 5) is 13.0. The highest BCUT2D eigenvalue weighted by molar-refractivity contribution is 9.10. The van der Waals surface area contributed by atoms with Gasteiger partial charge in [0.1, 0.15) is 4.88 Å². The second-order valence-corrected chi connectivity index (χ2v) is 7.30. The molecule has 0 unspecified atom stereocenters. The van der Waals surface area contributed by atoms with Gasteiger partial charge in [0, 0.05) is 15.2 Å². The summed E-state index contributed by atoms with van der Waals surface area (Å²) in [6, 6.07) is 15.5. The molecule has 0 saturated carbocycles. The molecule has 0 fully saturated rings. The smallest absolute Gasteiger partial charge is 0.266 e. The molecule has 116 valence electrons. The molecular formula is C18H13BrClNOS. The van der Waals surface area contributed by atoms with Gasteiger partial charge in [-0.25, -0.2) is 0 Å². The van der Waals surface area contributed by atoms with Crippen molar-refractivity contribution in [1.82, 2.24) is 0 Å². The first-order valence-electron chi connectivity index (χ1n) is 6.95. The Kier molecular flexibility index (Phi) is 4.85. The number of anilines is 1. The molecule has 0 spiro atoms. The van der Waals surface area contributed by atoms with Gasteiger partial charge < -0.3 is 5.32 Å². The van der Waals surface area contributed by atoms with Gasteiger partial charge in [-0.2, -0.15) is 0 Å². The number of halogens is 2. The van der Waals surface area contributed by atoms with E-state index >= 15 is 0 Å². The SMILES string of the molecule is Cc1cc(-c2cccc(Cl)c2)ccc1NC(=O)c1sccc1Br. The van der Waals surface area contributed by atoms with Gasteiger partial charge in [-0.05, 0) is 75.3 Å². The third-order valence-electron chi connectivity index (χ3n) is 3.46. The predicted octanol–water partition coefficient (Wildman–Crippen LogP) is 6.39. The quantitative estimate of drug-likeness (QED) is 0.536. The lowest BCUT2D eigenvalue weighted by Crippen LogP contribution is -2.11. The standard InChI is InChI=1S/C18H13BrClNOS/c1-11-9-13(12-3-2-4-14(20)10-12)5-6-16(11)21-18(22)17-15(19)7-8-23-17/h2-10H,1H3,(H,21,22). The van der Waals surface area contributed by atoms with Crippen LogP contribution in [0.4, 0.5) is 5.69 Å². The summed E-state index contributed by atoms with van der Waals surface area (Å²) in [5, 5.41) is 5.55. The molecule has 3 rings (SSSR count). The van der Waals surface area contributed by atoms with Crippen LogP contribution >= 0.6 is 38.9 Å². The average Bonchev–Trinajstić information content (AvgIpc) is 2.95. The maximum Gasteiger partial charge on any atom is 0.266 e. The highest BCUT2D eigenvalue weighted by Gasteiger charge is 2.13. The van der Waals surface area contributed by atoms with E-state index in [-0.39, 0.29) is 5.91 Å². The van der Waals surface area contributed by atoms with Crippen LogP contribution < -0.4 is 5.32 Å². The molecule has 5 heteroatoms. The normalized spacial score (nSPS) is 10.6. The number of nitrogens with one attached hydrogen (secondary N) is 1. The summed E-state index contributed by atoms with van der Waals surface area (Å²) < 4.78 is 0.813. The highest BCUT2D eigenvalue weighted by atomic mass is 79.9. The van der Waals surface area contributed by atoms with Crippen LogP contribution in [0, 0.1) is 6.92 Å². The minimum absolute atomic E-state index is 0.106. The Balaban J connectivity index is 1.85. The van der Waals surface area contributed by atoms with E-state index < -0.39 is 0 Å². The molecule has 1 heterocycles. The molecule has 0 aliphatic carbocycles. The first-order valence-corrected chi connectivity index (χ1v) is 9.00. The first kappa shape index (κ1) is 16.2. The van der Waals surface area contributed by atoms with Gasteiger partial charge in [0.15, 0.2) is 0 Å². The van der Waals surface area contributed by atoms with Gasteiger partial charge in [0.25, 0.3) is 5.91 Å². The van der Waals surface area contributed by atoms with E-state index in [2.05, 4.69) is 21.2 Å². The van der Waals surface area contributed by atoms with E-state index in [1.165, 1.54) is 11.3 Å². The van der Waals surface area contributed by atoms with Gasteiger partial charge in [-0.15, -0.1) is 11.3 Å². The Hall–Kier alpha value is -1.62. The van der Waals surface area contributed by atoms with Crippen molar-refractivity contribution in [3.63, 3.8) is 0 Å². The van der Waals surface area contributed by atoms with Crippen molar-refractivity contribution in [1.29, 1.82) is 0 Å². The molecule has 1 N–H and O–H groups in total. The van der Waals surface area contributed by atoms with Crippen LogP contribution in [0.2, 0.25) is 5.02 Å². The number of benzene rings is 2. The summed E-state index contributed by atoms with van der Waals surface area (Å²) >= 11 is 10.8. The highest BCUT2D eigenvalue weighted by Crippen LogP contribution is 2.28. The zero-order valence-electron chi connectivity index (χ0n) is 12.3. The van der Waals surface area contributed by atoms with Gasteiger partial charge in [0.2, 0.25) is 0 Å². The first-order chi connectivity index (χ1) is 11.0. The molecular weight excluding hydrogens is 394 g/mol. The van der Waals surface area contributed by atoms with Crippen molar-refractivity contribution in [3.8, 4) is 11.1 Å². The van der Waals surface area contributed by atoms with Crippen molar-refractivity contribution >= 4 is 50.5 Å². The van der Waals surface area contributed by atoms with Crippen molar-refractivity contribution in [2.45, 2.75) is 6.92 Å². The number of carbonyl (C=O) groups is 1. The van der Waals surface area contributed by atoms with Crippen LogP contribution in [0.15, 0.2) is 58.4 Å². The number of carbonyl (C=O) groups excluding carboxylic acids is 1. The Bertz CT molecular complexity index is 875. The fourth-order valence-electron chi connectivity index (χ4n) is 2.29. The van der Waals surface area contributed by atoms with Gasteiger partial charge >= 0.3 is 0 Å². The van der Waals surface area contributed by atoms with Gasteiger partial charge in [-0.3, -0.25) is 4.79 Å². The zero-order chi connectivity index (χ0) is 16.4. The second kappa shape index (κ2) is 6.87. The molecule has 2 nitrogen and oxygen atoms in total. The fourth-order valence-corrected chi connectivity index (χ4v) is 3.92. The summed E-state index contributed by atoms with van der Waals surface area (Å²) in [5.74, 6) is -0.106. The summed E-state index contributed by atoms with van der Waals surface area (Å²) in [6.07, 6.45) is 0.